The Balaban J connectivity index is 1.41. The second-order valence-corrected chi connectivity index (χ2v) is 10.1. The molecule has 3 aromatic heterocycles. The molecule has 1 aliphatic carbocycles. The molecule has 1 saturated carbocycles. The number of rotatable bonds is 6. The molecule has 4 aromatic rings. The number of anilines is 2. The highest BCUT2D eigenvalue weighted by atomic mass is 19.1. The number of hydrogen-bond donors (Lipinski definition) is 2. The second-order valence-electron chi connectivity index (χ2n) is 10.1. The Labute approximate surface area is 208 Å². The fourth-order valence-electron chi connectivity index (χ4n) is 5.61. The maximum absolute atomic E-state index is 14.4. The number of halogens is 1. The zero-order chi connectivity index (χ0) is 25.0. The molecular weight excluding hydrogens is 457 g/mol. The third kappa shape index (κ3) is 3.61. The van der Waals surface area contributed by atoms with Crippen LogP contribution in [0.3, 0.4) is 0 Å². The minimum absolute atomic E-state index is 0.174. The number of aromatic nitrogens is 4. The molecule has 2 aliphatic rings. The molecule has 1 amide bonds. The van der Waals surface area contributed by atoms with Gasteiger partial charge in [0.2, 0.25) is 5.91 Å². The van der Waals surface area contributed by atoms with Gasteiger partial charge in [-0.2, -0.15) is 0 Å². The van der Waals surface area contributed by atoms with E-state index >= 15 is 0 Å². The smallest absolute Gasteiger partial charge is 0.223 e. The lowest BCUT2D eigenvalue weighted by molar-refractivity contribution is -0.124. The number of nitrogens with two attached hydrogens (primary N) is 1. The summed E-state index contributed by atoms with van der Waals surface area (Å²) in [4.78, 5) is 32.6. The molecular formula is C27H28FN7O. The molecule has 2 atom stereocenters. The van der Waals surface area contributed by atoms with E-state index in [-0.39, 0.29) is 29.1 Å². The third-order valence-corrected chi connectivity index (χ3v) is 7.95. The summed E-state index contributed by atoms with van der Waals surface area (Å²) in [5.41, 5.74) is 8.99. The van der Waals surface area contributed by atoms with Crippen molar-refractivity contribution in [3.8, 4) is 0 Å². The Morgan fingerprint density at radius 2 is 2.06 bits per heavy atom. The van der Waals surface area contributed by atoms with Crippen LogP contribution in [0, 0.1) is 24.1 Å². The number of nitrogens with one attached hydrogen (secondary N) is 1. The van der Waals surface area contributed by atoms with Gasteiger partial charge in [0.15, 0.2) is 5.82 Å². The zero-order valence-electron chi connectivity index (χ0n) is 20.3. The highest BCUT2D eigenvalue weighted by molar-refractivity contribution is 5.87. The minimum atomic E-state index is -0.386. The average molecular weight is 486 g/mol. The summed E-state index contributed by atoms with van der Waals surface area (Å²) in [6.45, 7) is 5.28. The molecule has 2 fully saturated rings. The summed E-state index contributed by atoms with van der Waals surface area (Å²) in [7, 11) is 0. The molecule has 3 N–H and O–H groups in total. The predicted octanol–water partition coefficient (Wildman–Crippen LogP) is 4.29. The molecule has 4 heterocycles. The van der Waals surface area contributed by atoms with Crippen molar-refractivity contribution in [2.45, 2.75) is 39.2 Å². The summed E-state index contributed by atoms with van der Waals surface area (Å²) in [6, 6.07) is 8.90. The summed E-state index contributed by atoms with van der Waals surface area (Å²) < 4.78 is 14.4. The van der Waals surface area contributed by atoms with Crippen molar-refractivity contribution in [3.05, 3.63) is 59.8 Å². The Morgan fingerprint density at radius 3 is 2.83 bits per heavy atom. The van der Waals surface area contributed by atoms with Crippen LogP contribution in [0.25, 0.3) is 21.9 Å². The Kier molecular flexibility index (Phi) is 5.24. The van der Waals surface area contributed by atoms with E-state index in [1.165, 1.54) is 12.4 Å². The van der Waals surface area contributed by atoms with Gasteiger partial charge in [-0.25, -0.2) is 19.3 Å². The highest BCUT2D eigenvalue weighted by Crippen LogP contribution is 2.55. The van der Waals surface area contributed by atoms with E-state index < -0.39 is 0 Å². The van der Waals surface area contributed by atoms with Gasteiger partial charge in [-0.3, -0.25) is 9.78 Å². The lowest BCUT2D eigenvalue weighted by Crippen LogP contribution is -2.34. The van der Waals surface area contributed by atoms with Crippen molar-refractivity contribution < 1.29 is 9.18 Å². The van der Waals surface area contributed by atoms with E-state index in [1.807, 2.05) is 12.1 Å². The average Bonchev–Trinajstić information content (AvgIpc) is 3.56. The standard InChI is InChI=1S/C27H28FN7O/c1-15-20(28)6-5-17-12-19(16(2)33-24-23-21(31-14-32-24)4-3-10-30-23)25(34-22(15)17)35-11-7-18(13-35)27(8-9-27)26(29)36/h3-6,10,12,14,16,18H,7-9,11,13H2,1-2H3,(H2,29,36)(H,31,32,33)/t16-,18+/m0/s1. The maximum atomic E-state index is 14.4. The first-order valence-electron chi connectivity index (χ1n) is 12.3. The van der Waals surface area contributed by atoms with Gasteiger partial charge in [0.05, 0.1) is 22.5 Å². The van der Waals surface area contributed by atoms with Gasteiger partial charge >= 0.3 is 0 Å². The topological polar surface area (TPSA) is 110 Å². The molecule has 1 aliphatic heterocycles. The number of nitrogens with zero attached hydrogens (tertiary/aromatic N) is 5. The van der Waals surface area contributed by atoms with Crippen molar-refractivity contribution >= 4 is 39.5 Å². The van der Waals surface area contributed by atoms with Crippen molar-refractivity contribution in [2.75, 3.05) is 23.3 Å². The van der Waals surface area contributed by atoms with Gasteiger partial charge < -0.3 is 16.0 Å². The van der Waals surface area contributed by atoms with Gasteiger partial charge in [0.1, 0.15) is 23.5 Å². The van der Waals surface area contributed by atoms with Crippen LogP contribution in [-0.2, 0) is 4.79 Å². The van der Waals surface area contributed by atoms with E-state index in [0.717, 1.165) is 48.1 Å². The number of primary amides is 1. The van der Waals surface area contributed by atoms with Gasteiger partial charge in [-0.1, -0.05) is 0 Å². The van der Waals surface area contributed by atoms with Crippen molar-refractivity contribution in [1.82, 2.24) is 19.9 Å². The molecule has 36 heavy (non-hydrogen) atoms. The van der Waals surface area contributed by atoms with Gasteiger partial charge in [-0.05, 0) is 69.4 Å². The van der Waals surface area contributed by atoms with E-state index in [1.54, 1.807) is 19.2 Å². The van der Waals surface area contributed by atoms with Gasteiger partial charge in [0.25, 0.3) is 0 Å². The summed E-state index contributed by atoms with van der Waals surface area (Å²) in [5, 5.41) is 4.37. The second kappa shape index (κ2) is 8.36. The van der Waals surface area contributed by atoms with E-state index in [2.05, 4.69) is 38.2 Å². The molecule has 0 spiro atoms. The number of carbonyl (C=O) groups is 1. The maximum Gasteiger partial charge on any atom is 0.223 e. The first-order chi connectivity index (χ1) is 17.4. The minimum Gasteiger partial charge on any atom is -0.369 e. The molecule has 9 heteroatoms. The van der Waals surface area contributed by atoms with Crippen LogP contribution in [0.5, 0.6) is 0 Å². The quantitative estimate of drug-likeness (QED) is 0.419. The van der Waals surface area contributed by atoms with Crippen LogP contribution in [0.15, 0.2) is 42.9 Å². The van der Waals surface area contributed by atoms with Crippen LogP contribution >= 0.6 is 0 Å². The fourth-order valence-corrected chi connectivity index (χ4v) is 5.61. The normalized spacial score (nSPS) is 19.5. The molecule has 184 valence electrons. The van der Waals surface area contributed by atoms with Crippen LogP contribution in [0.2, 0.25) is 0 Å². The zero-order valence-corrected chi connectivity index (χ0v) is 20.3. The summed E-state index contributed by atoms with van der Waals surface area (Å²) in [6.07, 6.45) is 5.84. The molecule has 0 radical (unpaired) electrons. The van der Waals surface area contributed by atoms with E-state index in [9.17, 15) is 9.18 Å². The lowest BCUT2D eigenvalue weighted by Gasteiger charge is -2.26. The van der Waals surface area contributed by atoms with Crippen LogP contribution in [0.1, 0.15) is 43.4 Å². The molecule has 8 nitrogen and oxygen atoms in total. The summed E-state index contributed by atoms with van der Waals surface area (Å²) in [5.74, 6) is 1.16. The molecule has 1 saturated heterocycles. The van der Waals surface area contributed by atoms with Crippen LogP contribution in [0.4, 0.5) is 16.0 Å². The molecule has 0 bridgehead atoms. The first-order valence-corrected chi connectivity index (χ1v) is 12.3. The molecule has 1 aromatic carbocycles. The Bertz CT molecular complexity index is 1500. The largest absolute Gasteiger partial charge is 0.369 e. The number of hydrogen-bond acceptors (Lipinski definition) is 7. The Hall–Kier alpha value is -3.88. The van der Waals surface area contributed by atoms with Gasteiger partial charge in [0, 0.05) is 35.8 Å². The molecule has 0 unspecified atom stereocenters. The number of benzene rings is 1. The number of pyridine rings is 2. The third-order valence-electron chi connectivity index (χ3n) is 7.95. The van der Waals surface area contributed by atoms with E-state index in [0.29, 0.717) is 29.0 Å². The number of aryl methyl sites for hydroxylation is 1. The van der Waals surface area contributed by atoms with Crippen LogP contribution in [-0.4, -0.2) is 38.9 Å². The lowest BCUT2D eigenvalue weighted by atomic mass is 9.88. The SMILES string of the molecule is Cc1c(F)ccc2cc([C@H](C)Nc3ncnc4cccnc34)c(N3CC[C@@H](C4(C(N)=O)CC4)C3)nc12. The first kappa shape index (κ1) is 22.6. The number of fused-ring (bicyclic) bond motifs is 2. The molecule has 6 rings (SSSR count). The van der Waals surface area contributed by atoms with E-state index in [4.69, 9.17) is 10.7 Å². The van der Waals surface area contributed by atoms with Gasteiger partial charge in [-0.15, -0.1) is 0 Å². The highest BCUT2D eigenvalue weighted by Gasteiger charge is 2.56. The fraction of sp³-hybridized carbons (Fsp3) is 0.370. The van der Waals surface area contributed by atoms with Crippen LogP contribution < -0.4 is 16.0 Å². The predicted molar refractivity (Wildman–Crippen MR) is 137 cm³/mol. The van der Waals surface area contributed by atoms with Crippen molar-refractivity contribution in [2.24, 2.45) is 17.1 Å². The van der Waals surface area contributed by atoms with Crippen molar-refractivity contribution in [3.63, 3.8) is 0 Å². The number of amides is 1. The number of carbonyl (C=O) groups excluding carboxylic acids is 1. The monoisotopic (exact) mass is 485 g/mol. The van der Waals surface area contributed by atoms with Crippen molar-refractivity contribution in [1.29, 1.82) is 0 Å². The summed E-state index contributed by atoms with van der Waals surface area (Å²) >= 11 is 0. The Morgan fingerprint density at radius 1 is 1.22 bits per heavy atom.